The van der Waals surface area contributed by atoms with E-state index < -0.39 is 0 Å². The van der Waals surface area contributed by atoms with Gasteiger partial charge < -0.3 is 15.4 Å². The summed E-state index contributed by atoms with van der Waals surface area (Å²) in [5.41, 5.74) is 8.16. The van der Waals surface area contributed by atoms with Crippen LogP contribution < -0.4 is 5.73 Å². The quantitative estimate of drug-likeness (QED) is 0.809. The van der Waals surface area contributed by atoms with Crippen molar-refractivity contribution in [1.82, 2.24) is 14.9 Å². The minimum Gasteiger partial charge on any atom is -0.385 e. The van der Waals surface area contributed by atoms with Crippen molar-refractivity contribution in [3.8, 4) is 0 Å². The van der Waals surface area contributed by atoms with Crippen LogP contribution in [0.5, 0.6) is 0 Å². The molecule has 2 rings (SSSR count). The maximum absolute atomic E-state index is 12.6. The Morgan fingerprint density at radius 1 is 1.35 bits per heavy atom. The summed E-state index contributed by atoms with van der Waals surface area (Å²) in [5, 5.41) is 0. The molecule has 1 aromatic heterocycles. The Bertz CT molecular complexity index is 524. The highest BCUT2D eigenvalue weighted by Crippen LogP contribution is 2.22. The Morgan fingerprint density at radius 3 is 2.70 bits per heavy atom. The minimum atomic E-state index is 0.168. The molecule has 2 N–H and O–H groups in total. The molecule has 0 saturated carbocycles. The monoisotopic (exact) mass is 320 g/mol. The molecule has 6 heteroatoms. The lowest BCUT2D eigenvalue weighted by Gasteiger charge is -2.33. The number of aromatic nitrogens is 2. The number of ether oxygens (including phenoxy) is 1. The lowest BCUT2D eigenvalue weighted by molar-refractivity contribution is -0.132. The molecule has 1 aliphatic rings. The van der Waals surface area contributed by atoms with Gasteiger partial charge in [0.05, 0.1) is 6.42 Å². The van der Waals surface area contributed by atoms with Gasteiger partial charge >= 0.3 is 0 Å². The number of methoxy groups -OCH3 is 1. The smallest absolute Gasteiger partial charge is 0.227 e. The largest absolute Gasteiger partial charge is 0.385 e. The first-order chi connectivity index (χ1) is 11.0. The number of anilines is 1. The van der Waals surface area contributed by atoms with Crippen molar-refractivity contribution in [2.45, 2.75) is 46.0 Å². The van der Waals surface area contributed by atoms with Crippen LogP contribution in [0.15, 0.2) is 0 Å². The van der Waals surface area contributed by atoms with E-state index in [-0.39, 0.29) is 11.9 Å². The molecule has 1 aliphatic heterocycles. The van der Waals surface area contributed by atoms with Crippen LogP contribution in [0, 0.1) is 19.8 Å². The molecular weight excluding hydrogens is 292 g/mol. The van der Waals surface area contributed by atoms with Gasteiger partial charge in [0, 0.05) is 43.8 Å². The predicted octanol–water partition coefficient (Wildman–Crippen LogP) is 1.88. The summed E-state index contributed by atoms with van der Waals surface area (Å²) >= 11 is 0. The van der Waals surface area contributed by atoms with E-state index in [1.54, 1.807) is 7.11 Å². The van der Waals surface area contributed by atoms with Gasteiger partial charge in [-0.25, -0.2) is 9.97 Å². The Hall–Kier alpha value is -1.69. The van der Waals surface area contributed by atoms with Crippen LogP contribution in [0.25, 0.3) is 0 Å². The lowest BCUT2D eigenvalue weighted by atomic mass is 9.93. The Morgan fingerprint density at radius 2 is 2.04 bits per heavy atom. The third kappa shape index (κ3) is 4.89. The van der Waals surface area contributed by atoms with Crippen molar-refractivity contribution in [3.63, 3.8) is 0 Å². The van der Waals surface area contributed by atoms with Gasteiger partial charge in [-0.15, -0.1) is 0 Å². The number of nitrogens with zero attached hydrogens (tertiary/aromatic N) is 3. The van der Waals surface area contributed by atoms with Crippen LogP contribution in [0.4, 0.5) is 5.95 Å². The number of likely N-dealkylation sites (tertiary alicyclic amines) is 1. The molecule has 1 atom stereocenters. The van der Waals surface area contributed by atoms with Crippen molar-refractivity contribution in [2.24, 2.45) is 5.92 Å². The van der Waals surface area contributed by atoms with E-state index in [4.69, 9.17) is 10.5 Å². The number of carbonyl (C=O) groups excluding carboxylic acids is 1. The molecule has 1 aromatic rings. The summed E-state index contributed by atoms with van der Waals surface area (Å²) < 4.78 is 5.12. The van der Waals surface area contributed by atoms with Crippen LogP contribution in [0.1, 0.15) is 42.6 Å². The maximum atomic E-state index is 12.6. The van der Waals surface area contributed by atoms with Gasteiger partial charge in [-0.1, -0.05) is 0 Å². The highest BCUT2D eigenvalue weighted by atomic mass is 16.5. The average Bonchev–Trinajstić information content (AvgIpc) is 2.51. The molecular formula is C17H28N4O2. The fourth-order valence-electron chi connectivity index (χ4n) is 3.33. The number of nitrogen functional groups attached to an aromatic ring is 1. The van der Waals surface area contributed by atoms with Gasteiger partial charge in [-0.3, -0.25) is 4.79 Å². The zero-order valence-electron chi connectivity index (χ0n) is 14.5. The number of carbonyl (C=O) groups is 1. The molecule has 6 nitrogen and oxygen atoms in total. The summed E-state index contributed by atoms with van der Waals surface area (Å²) in [6.45, 7) is 6.28. The summed E-state index contributed by atoms with van der Waals surface area (Å²) in [6, 6.07) is 0. The predicted molar refractivity (Wildman–Crippen MR) is 90.0 cm³/mol. The molecule has 1 fully saturated rings. The number of rotatable bonds is 6. The van der Waals surface area contributed by atoms with Crippen LogP contribution >= 0.6 is 0 Å². The summed E-state index contributed by atoms with van der Waals surface area (Å²) in [4.78, 5) is 23.0. The van der Waals surface area contributed by atoms with Gasteiger partial charge in [0.2, 0.25) is 11.9 Å². The Balaban J connectivity index is 1.95. The van der Waals surface area contributed by atoms with E-state index in [0.717, 1.165) is 55.9 Å². The minimum absolute atomic E-state index is 0.168. The molecule has 23 heavy (non-hydrogen) atoms. The summed E-state index contributed by atoms with van der Waals surface area (Å²) in [7, 11) is 1.73. The number of hydrogen-bond acceptors (Lipinski definition) is 5. The number of nitrogens with two attached hydrogens (primary N) is 1. The van der Waals surface area contributed by atoms with Gasteiger partial charge in [0.25, 0.3) is 0 Å². The molecule has 0 spiro atoms. The van der Waals surface area contributed by atoms with Crippen molar-refractivity contribution in [3.05, 3.63) is 17.0 Å². The number of aryl methyl sites for hydroxylation is 2. The molecule has 2 heterocycles. The van der Waals surface area contributed by atoms with E-state index in [1.165, 1.54) is 6.42 Å². The topological polar surface area (TPSA) is 81.3 Å². The first-order valence-electron chi connectivity index (χ1n) is 8.37. The number of amides is 1. The SMILES string of the molecule is COCCC[C@@H]1CCCN(C(=O)Cc2c(C)nc(N)nc2C)C1. The Labute approximate surface area is 138 Å². The van der Waals surface area contributed by atoms with Gasteiger partial charge in [0.15, 0.2) is 0 Å². The fourth-order valence-corrected chi connectivity index (χ4v) is 3.33. The molecule has 1 amide bonds. The molecule has 0 unspecified atom stereocenters. The average molecular weight is 320 g/mol. The zero-order chi connectivity index (χ0) is 16.8. The fraction of sp³-hybridized carbons (Fsp3) is 0.706. The van der Waals surface area contributed by atoms with E-state index in [9.17, 15) is 4.79 Å². The normalized spacial score (nSPS) is 18.2. The van der Waals surface area contributed by atoms with Gasteiger partial charge in [-0.05, 0) is 45.4 Å². The van der Waals surface area contributed by atoms with Crippen LogP contribution in [0.2, 0.25) is 0 Å². The van der Waals surface area contributed by atoms with Crippen molar-refractivity contribution in [2.75, 3.05) is 32.5 Å². The van der Waals surface area contributed by atoms with Gasteiger partial charge in [-0.2, -0.15) is 0 Å². The van der Waals surface area contributed by atoms with Gasteiger partial charge in [0.1, 0.15) is 0 Å². The first kappa shape index (κ1) is 17.7. The Kier molecular flexibility index (Phi) is 6.33. The third-order valence-electron chi connectivity index (χ3n) is 4.60. The maximum Gasteiger partial charge on any atom is 0.227 e. The van der Waals surface area contributed by atoms with Crippen molar-refractivity contribution >= 4 is 11.9 Å². The molecule has 0 aliphatic carbocycles. The highest BCUT2D eigenvalue weighted by molar-refractivity contribution is 5.79. The summed E-state index contributed by atoms with van der Waals surface area (Å²) in [6.07, 6.45) is 4.84. The van der Waals surface area contributed by atoms with E-state index in [2.05, 4.69) is 9.97 Å². The zero-order valence-corrected chi connectivity index (χ0v) is 14.5. The molecule has 0 aromatic carbocycles. The number of piperidine rings is 1. The van der Waals surface area contributed by atoms with E-state index >= 15 is 0 Å². The second kappa shape index (κ2) is 8.24. The molecule has 128 valence electrons. The highest BCUT2D eigenvalue weighted by Gasteiger charge is 2.24. The van der Waals surface area contributed by atoms with Crippen LogP contribution in [-0.2, 0) is 16.0 Å². The molecule has 0 bridgehead atoms. The third-order valence-corrected chi connectivity index (χ3v) is 4.60. The molecule has 0 radical (unpaired) electrons. The van der Waals surface area contributed by atoms with Crippen LogP contribution in [0.3, 0.4) is 0 Å². The standard InChI is InChI=1S/C17H28N4O2/c1-12-15(13(2)20-17(18)19-12)10-16(22)21-8-4-6-14(11-21)7-5-9-23-3/h14H,4-11H2,1-3H3,(H2,18,19,20)/t14-/m0/s1. The van der Waals surface area contributed by atoms with Crippen molar-refractivity contribution in [1.29, 1.82) is 0 Å². The van der Waals surface area contributed by atoms with E-state index in [0.29, 0.717) is 12.3 Å². The lowest BCUT2D eigenvalue weighted by Crippen LogP contribution is -2.41. The van der Waals surface area contributed by atoms with E-state index in [1.807, 2.05) is 18.7 Å². The first-order valence-corrected chi connectivity index (χ1v) is 8.37. The molecule has 1 saturated heterocycles. The second-order valence-electron chi connectivity index (χ2n) is 6.39. The van der Waals surface area contributed by atoms with Crippen LogP contribution in [-0.4, -0.2) is 47.6 Å². The summed E-state index contributed by atoms with van der Waals surface area (Å²) in [5.74, 6) is 1.03. The van der Waals surface area contributed by atoms with Crippen molar-refractivity contribution < 1.29 is 9.53 Å². The second-order valence-corrected chi connectivity index (χ2v) is 6.39. The number of hydrogen-bond donors (Lipinski definition) is 1.